The first kappa shape index (κ1) is 25.8. The predicted molar refractivity (Wildman–Crippen MR) is 142 cm³/mol. The van der Waals surface area contributed by atoms with E-state index in [0.29, 0.717) is 42.8 Å². The highest BCUT2D eigenvalue weighted by Gasteiger charge is 2.42. The quantitative estimate of drug-likeness (QED) is 0.533. The lowest BCUT2D eigenvalue weighted by atomic mass is 9.96. The van der Waals surface area contributed by atoms with E-state index in [1.807, 2.05) is 37.3 Å². The average molecular weight is 522 g/mol. The highest BCUT2D eigenvalue weighted by molar-refractivity contribution is 5.96. The Bertz CT molecular complexity index is 1180. The minimum Gasteiger partial charge on any atom is -0.496 e. The number of carbonyl (C=O) groups is 3. The molecule has 3 aliphatic rings. The van der Waals surface area contributed by atoms with Crippen molar-refractivity contribution in [3.63, 3.8) is 0 Å². The van der Waals surface area contributed by atoms with E-state index in [1.54, 1.807) is 13.3 Å². The number of nitrogens with one attached hydrogen (secondary N) is 2. The zero-order chi connectivity index (χ0) is 26.8. The normalized spacial score (nSPS) is 23.2. The molecule has 10 nitrogen and oxygen atoms in total. The van der Waals surface area contributed by atoms with Crippen molar-refractivity contribution in [1.82, 2.24) is 20.5 Å². The first-order valence-electron chi connectivity index (χ1n) is 13.3. The largest absolute Gasteiger partial charge is 0.496 e. The van der Waals surface area contributed by atoms with Crippen LogP contribution in [0.4, 0.5) is 10.6 Å². The van der Waals surface area contributed by atoms with Crippen LogP contribution in [0.5, 0.6) is 5.75 Å². The van der Waals surface area contributed by atoms with Gasteiger partial charge in [0.15, 0.2) is 0 Å². The van der Waals surface area contributed by atoms with Gasteiger partial charge < -0.3 is 30.3 Å². The highest BCUT2D eigenvalue weighted by atomic mass is 16.5. The Labute approximate surface area is 222 Å². The number of fused-ring (bicyclic) bond motifs is 2. The monoisotopic (exact) mass is 521 g/mol. The van der Waals surface area contributed by atoms with Gasteiger partial charge in [-0.15, -0.1) is 0 Å². The van der Waals surface area contributed by atoms with Crippen LogP contribution in [0.1, 0.15) is 64.8 Å². The number of benzene rings is 1. The molecule has 3 fully saturated rings. The Kier molecular flexibility index (Phi) is 7.40. The third-order valence-corrected chi connectivity index (χ3v) is 8.19. The Morgan fingerprint density at radius 2 is 1.63 bits per heavy atom. The number of likely N-dealkylation sites (tertiary alicyclic amines) is 1. The van der Waals surface area contributed by atoms with Crippen LogP contribution < -0.4 is 20.3 Å². The Morgan fingerprint density at radius 1 is 0.947 bits per heavy atom. The van der Waals surface area contributed by atoms with Gasteiger partial charge in [0.1, 0.15) is 11.6 Å². The maximum absolute atomic E-state index is 13.0. The highest BCUT2D eigenvalue weighted by Crippen LogP contribution is 2.38. The number of amides is 3. The summed E-state index contributed by atoms with van der Waals surface area (Å²) in [5.41, 5.74) is 1.98. The van der Waals surface area contributed by atoms with Crippen molar-refractivity contribution in [2.75, 3.05) is 25.1 Å². The van der Waals surface area contributed by atoms with E-state index >= 15 is 0 Å². The van der Waals surface area contributed by atoms with Gasteiger partial charge in [0.2, 0.25) is 0 Å². The van der Waals surface area contributed by atoms with E-state index in [-0.39, 0.29) is 36.0 Å². The number of anilines is 1. The Hall–Kier alpha value is -3.82. The molecule has 10 heteroatoms. The fourth-order valence-corrected chi connectivity index (χ4v) is 6.17. The van der Waals surface area contributed by atoms with Crippen molar-refractivity contribution in [3.8, 4) is 5.75 Å². The molecule has 3 saturated heterocycles. The number of piperidine rings is 2. The maximum Gasteiger partial charge on any atom is 0.407 e. The van der Waals surface area contributed by atoms with Crippen molar-refractivity contribution in [2.45, 2.75) is 69.6 Å². The lowest BCUT2D eigenvalue weighted by molar-refractivity contribution is 0.0903. The minimum atomic E-state index is -0.915. The number of nitrogens with zero attached hydrogens (tertiary/aromatic N) is 3. The van der Waals surface area contributed by atoms with Gasteiger partial charge in [0.05, 0.1) is 12.7 Å². The number of methoxy groups -OCH3 is 1. The van der Waals surface area contributed by atoms with Crippen LogP contribution in [0, 0.1) is 6.92 Å². The third kappa shape index (κ3) is 5.25. The molecule has 1 aromatic heterocycles. The molecule has 5 rings (SSSR count). The number of carbonyl (C=O) groups excluding carboxylic acids is 2. The summed E-state index contributed by atoms with van der Waals surface area (Å²) in [5, 5.41) is 15.3. The molecule has 202 valence electrons. The van der Waals surface area contributed by atoms with Gasteiger partial charge in [0, 0.05) is 54.6 Å². The second-order valence-corrected chi connectivity index (χ2v) is 10.5. The predicted octanol–water partition coefficient (Wildman–Crippen LogP) is 3.20. The van der Waals surface area contributed by atoms with E-state index in [2.05, 4.69) is 20.5 Å². The number of hydrogen-bond acceptors (Lipinski definition) is 6. The summed E-state index contributed by atoms with van der Waals surface area (Å²) in [6.45, 7) is 2.75. The van der Waals surface area contributed by atoms with E-state index in [0.717, 1.165) is 37.1 Å². The van der Waals surface area contributed by atoms with Gasteiger partial charge >= 0.3 is 6.09 Å². The molecule has 3 atom stereocenters. The van der Waals surface area contributed by atoms with E-state index in [4.69, 9.17) is 9.84 Å². The molecule has 3 N–H and O–H groups in total. The zero-order valence-electron chi connectivity index (χ0n) is 21.9. The van der Waals surface area contributed by atoms with Gasteiger partial charge in [-0.2, -0.15) is 0 Å². The molecular weight excluding hydrogens is 486 g/mol. The number of carboxylic acid groups (broad SMARTS) is 1. The fourth-order valence-electron chi connectivity index (χ4n) is 6.17. The topological polar surface area (TPSA) is 124 Å². The molecular formula is C28H35N5O5. The number of ether oxygens (including phenoxy) is 1. The first-order valence-corrected chi connectivity index (χ1v) is 13.3. The molecule has 1 aromatic carbocycles. The average Bonchev–Trinajstić information content (AvgIpc) is 3.19. The summed E-state index contributed by atoms with van der Waals surface area (Å²) >= 11 is 0. The Morgan fingerprint density at radius 3 is 2.24 bits per heavy atom. The van der Waals surface area contributed by atoms with E-state index < -0.39 is 6.09 Å². The van der Waals surface area contributed by atoms with E-state index in [1.165, 1.54) is 4.90 Å². The van der Waals surface area contributed by atoms with Crippen molar-refractivity contribution in [1.29, 1.82) is 0 Å². The van der Waals surface area contributed by atoms with Crippen LogP contribution in [-0.2, 0) is 0 Å². The third-order valence-electron chi connectivity index (χ3n) is 8.19. The molecule has 0 radical (unpaired) electrons. The molecule has 38 heavy (non-hydrogen) atoms. The molecule has 4 heterocycles. The van der Waals surface area contributed by atoms with Gasteiger partial charge in [-0.3, -0.25) is 9.59 Å². The Balaban J connectivity index is 1.17. The minimum absolute atomic E-state index is 0.0383. The van der Waals surface area contributed by atoms with Crippen LogP contribution in [0.25, 0.3) is 0 Å². The lowest BCUT2D eigenvalue weighted by Gasteiger charge is -2.40. The molecule has 0 unspecified atom stereocenters. The summed E-state index contributed by atoms with van der Waals surface area (Å²) < 4.78 is 5.37. The van der Waals surface area contributed by atoms with Crippen LogP contribution >= 0.6 is 0 Å². The molecule has 0 spiro atoms. The maximum atomic E-state index is 13.0. The summed E-state index contributed by atoms with van der Waals surface area (Å²) in [7, 11) is 1.61. The van der Waals surface area contributed by atoms with Crippen molar-refractivity contribution < 1.29 is 24.2 Å². The number of pyridine rings is 1. The van der Waals surface area contributed by atoms with E-state index in [9.17, 15) is 14.4 Å². The standard InChI is InChI=1S/C28H35N5O5/c1-17-23(4-3-5-24(17)38-2)27(35)31-20-14-21-7-8-22(15-20)33(21)25-9-6-18(16-29-25)26(34)30-19-10-12-32(13-11-19)28(36)37/h3-6,9,16,19-22H,7-8,10-15H2,1-2H3,(H,30,34)(H,31,35)(H,36,37)/t20-,21+,22-. The smallest absolute Gasteiger partial charge is 0.407 e. The van der Waals surface area contributed by atoms with Crippen molar-refractivity contribution in [3.05, 3.63) is 53.2 Å². The number of hydrogen-bond donors (Lipinski definition) is 3. The summed E-state index contributed by atoms with van der Waals surface area (Å²) in [4.78, 5) is 45.2. The van der Waals surface area contributed by atoms with Crippen molar-refractivity contribution >= 4 is 23.7 Å². The molecule has 3 aliphatic heterocycles. The van der Waals surface area contributed by atoms with Crippen LogP contribution in [-0.4, -0.2) is 77.3 Å². The first-order chi connectivity index (χ1) is 18.3. The summed E-state index contributed by atoms with van der Waals surface area (Å²) in [6.07, 6.45) is 5.72. The fraction of sp³-hybridized carbons (Fsp3) is 0.500. The van der Waals surface area contributed by atoms with Crippen LogP contribution in [0.3, 0.4) is 0 Å². The molecule has 2 aromatic rings. The molecule has 3 amide bonds. The van der Waals surface area contributed by atoms with Gasteiger partial charge in [0.25, 0.3) is 11.8 Å². The van der Waals surface area contributed by atoms with Crippen molar-refractivity contribution in [2.24, 2.45) is 0 Å². The van der Waals surface area contributed by atoms with Gasteiger partial charge in [-0.05, 0) is 69.7 Å². The van der Waals surface area contributed by atoms with Crippen LogP contribution in [0.2, 0.25) is 0 Å². The number of rotatable bonds is 6. The summed E-state index contributed by atoms with van der Waals surface area (Å²) in [6, 6.07) is 9.88. The zero-order valence-corrected chi connectivity index (χ0v) is 21.9. The second-order valence-electron chi connectivity index (χ2n) is 10.5. The lowest BCUT2D eigenvalue weighted by Crippen LogP contribution is -2.51. The SMILES string of the molecule is COc1cccc(C(=O)N[C@H]2C[C@H]3CC[C@@H](C2)N3c2ccc(C(=O)NC3CCN(C(=O)O)CC3)cn2)c1C. The molecule has 0 saturated carbocycles. The number of aromatic nitrogens is 1. The molecule has 2 bridgehead atoms. The second kappa shape index (κ2) is 10.9. The van der Waals surface area contributed by atoms with Gasteiger partial charge in [-0.1, -0.05) is 6.07 Å². The summed E-state index contributed by atoms with van der Waals surface area (Å²) in [5.74, 6) is 1.31. The van der Waals surface area contributed by atoms with Gasteiger partial charge in [-0.25, -0.2) is 9.78 Å². The molecule has 0 aliphatic carbocycles. The van der Waals surface area contributed by atoms with Crippen LogP contribution in [0.15, 0.2) is 36.5 Å².